The van der Waals surface area contributed by atoms with Crippen molar-refractivity contribution in [1.29, 1.82) is 0 Å². The van der Waals surface area contributed by atoms with Gasteiger partial charge in [0.2, 0.25) is 0 Å². The summed E-state index contributed by atoms with van der Waals surface area (Å²) in [5.74, 6) is 0.816. The van der Waals surface area contributed by atoms with E-state index in [1.54, 1.807) is 6.26 Å². The highest BCUT2D eigenvalue weighted by Crippen LogP contribution is 2.34. The first-order valence-electron chi connectivity index (χ1n) is 6.92. The third-order valence-electron chi connectivity index (χ3n) is 3.95. The van der Waals surface area contributed by atoms with E-state index in [2.05, 4.69) is 41.4 Å². The number of aromatic amines is 1. The minimum Gasteiger partial charge on any atom is -0.467 e. The Morgan fingerprint density at radius 1 is 1.00 bits per heavy atom. The predicted molar refractivity (Wildman–Crippen MR) is 86.9 cm³/mol. The molecule has 4 aromatic rings. The molecule has 21 heavy (non-hydrogen) atoms. The summed E-state index contributed by atoms with van der Waals surface area (Å²) < 4.78 is 5.52. The Labute approximate surface area is 127 Å². The molecular weight excluding hydrogens is 282 g/mol. The second kappa shape index (κ2) is 4.68. The summed E-state index contributed by atoms with van der Waals surface area (Å²) in [6.07, 6.45) is 1.68. The molecule has 2 heterocycles. The molecule has 0 amide bonds. The number of rotatable bonds is 2. The van der Waals surface area contributed by atoms with Crippen molar-refractivity contribution in [3.8, 4) is 0 Å². The number of halogens is 1. The van der Waals surface area contributed by atoms with Gasteiger partial charge < -0.3 is 9.40 Å². The summed E-state index contributed by atoms with van der Waals surface area (Å²) in [5, 5.41) is 2.14. The van der Waals surface area contributed by atoms with Crippen LogP contribution in [0.5, 0.6) is 0 Å². The lowest BCUT2D eigenvalue weighted by molar-refractivity contribution is 0.514. The Morgan fingerprint density at radius 2 is 1.81 bits per heavy atom. The highest BCUT2D eigenvalue weighted by molar-refractivity contribution is 6.22. The number of alkyl halides is 1. The van der Waals surface area contributed by atoms with Crippen LogP contribution in [-0.4, -0.2) is 4.98 Å². The van der Waals surface area contributed by atoms with Crippen molar-refractivity contribution >= 4 is 33.4 Å². The zero-order chi connectivity index (χ0) is 14.4. The first-order chi connectivity index (χ1) is 10.2. The molecule has 1 unspecified atom stereocenters. The molecule has 1 atom stereocenters. The molecule has 3 heteroatoms. The fraction of sp³-hybridized carbons (Fsp3) is 0.111. The summed E-state index contributed by atoms with van der Waals surface area (Å²) in [4.78, 5) is 3.42. The van der Waals surface area contributed by atoms with Gasteiger partial charge in [-0.15, -0.1) is 11.6 Å². The number of fused-ring (bicyclic) bond motifs is 3. The van der Waals surface area contributed by atoms with Crippen LogP contribution >= 0.6 is 11.6 Å². The number of para-hydroxylation sites is 1. The Balaban J connectivity index is 1.90. The SMILES string of the molecule is Cc1ccoc1C(Cl)c1ccc2[nH]c3ccccc3c2c1. The van der Waals surface area contributed by atoms with Gasteiger partial charge in [-0.2, -0.15) is 0 Å². The molecule has 0 bridgehead atoms. The maximum Gasteiger partial charge on any atom is 0.128 e. The Morgan fingerprint density at radius 3 is 2.62 bits per heavy atom. The van der Waals surface area contributed by atoms with E-state index in [-0.39, 0.29) is 5.38 Å². The van der Waals surface area contributed by atoms with Crippen molar-refractivity contribution in [3.63, 3.8) is 0 Å². The summed E-state index contributed by atoms with van der Waals surface area (Å²) in [5.41, 5.74) is 4.39. The van der Waals surface area contributed by atoms with E-state index < -0.39 is 0 Å². The number of benzene rings is 2. The minimum atomic E-state index is -0.266. The van der Waals surface area contributed by atoms with Crippen LogP contribution in [0.2, 0.25) is 0 Å². The Hall–Kier alpha value is -2.19. The van der Waals surface area contributed by atoms with Gasteiger partial charge in [-0.05, 0) is 42.3 Å². The van der Waals surface area contributed by atoms with Gasteiger partial charge in [-0.1, -0.05) is 24.3 Å². The number of nitrogens with one attached hydrogen (secondary N) is 1. The van der Waals surface area contributed by atoms with Crippen LogP contribution < -0.4 is 0 Å². The minimum absolute atomic E-state index is 0.266. The molecule has 0 aliphatic carbocycles. The zero-order valence-electron chi connectivity index (χ0n) is 11.6. The molecule has 2 aromatic heterocycles. The molecule has 0 aliphatic rings. The van der Waals surface area contributed by atoms with E-state index in [1.165, 1.54) is 10.8 Å². The molecule has 0 fully saturated rings. The highest BCUT2D eigenvalue weighted by atomic mass is 35.5. The largest absolute Gasteiger partial charge is 0.467 e. The second-order valence-corrected chi connectivity index (χ2v) is 5.74. The fourth-order valence-electron chi connectivity index (χ4n) is 2.82. The van der Waals surface area contributed by atoms with Crippen molar-refractivity contribution in [2.75, 3.05) is 0 Å². The lowest BCUT2D eigenvalue weighted by Crippen LogP contribution is -1.93. The van der Waals surface area contributed by atoms with Crippen LogP contribution in [0.3, 0.4) is 0 Å². The van der Waals surface area contributed by atoms with Gasteiger partial charge in [0, 0.05) is 21.8 Å². The Kier molecular flexibility index (Phi) is 2.79. The quantitative estimate of drug-likeness (QED) is 0.483. The van der Waals surface area contributed by atoms with Crippen LogP contribution in [-0.2, 0) is 0 Å². The van der Waals surface area contributed by atoms with Gasteiger partial charge in [0.15, 0.2) is 0 Å². The van der Waals surface area contributed by atoms with Crippen molar-refractivity contribution in [2.45, 2.75) is 12.3 Å². The van der Waals surface area contributed by atoms with Gasteiger partial charge in [0.1, 0.15) is 11.1 Å². The molecule has 1 N–H and O–H groups in total. The lowest BCUT2D eigenvalue weighted by atomic mass is 10.0. The third kappa shape index (κ3) is 1.95. The summed E-state index contributed by atoms with van der Waals surface area (Å²) in [6.45, 7) is 2.01. The molecule has 2 nitrogen and oxygen atoms in total. The van der Waals surface area contributed by atoms with E-state index in [9.17, 15) is 0 Å². The van der Waals surface area contributed by atoms with E-state index in [4.69, 9.17) is 16.0 Å². The van der Waals surface area contributed by atoms with E-state index in [1.807, 2.05) is 19.1 Å². The lowest BCUT2D eigenvalue weighted by Gasteiger charge is -2.08. The van der Waals surface area contributed by atoms with Crippen molar-refractivity contribution < 1.29 is 4.42 Å². The predicted octanol–water partition coefficient (Wildman–Crippen LogP) is 5.55. The molecule has 0 saturated carbocycles. The van der Waals surface area contributed by atoms with Gasteiger partial charge in [0.05, 0.1) is 6.26 Å². The van der Waals surface area contributed by atoms with Crippen molar-refractivity contribution in [1.82, 2.24) is 4.98 Å². The third-order valence-corrected chi connectivity index (χ3v) is 4.40. The van der Waals surface area contributed by atoms with Crippen LogP contribution in [0, 0.1) is 6.92 Å². The summed E-state index contributed by atoms with van der Waals surface area (Å²) >= 11 is 6.59. The number of hydrogen-bond donors (Lipinski definition) is 1. The second-order valence-electron chi connectivity index (χ2n) is 5.31. The molecule has 0 saturated heterocycles. The van der Waals surface area contributed by atoms with E-state index in [0.29, 0.717) is 0 Å². The molecule has 0 radical (unpaired) electrons. The smallest absolute Gasteiger partial charge is 0.128 e. The average molecular weight is 296 g/mol. The number of aryl methyl sites for hydroxylation is 1. The Bertz CT molecular complexity index is 935. The average Bonchev–Trinajstić information content (AvgIpc) is 3.09. The fourth-order valence-corrected chi connectivity index (χ4v) is 3.18. The molecule has 4 rings (SSSR count). The van der Waals surface area contributed by atoms with E-state index in [0.717, 1.165) is 27.9 Å². The van der Waals surface area contributed by atoms with Gasteiger partial charge >= 0.3 is 0 Å². The molecule has 0 aliphatic heterocycles. The normalized spacial score (nSPS) is 13.0. The first-order valence-corrected chi connectivity index (χ1v) is 7.36. The van der Waals surface area contributed by atoms with Gasteiger partial charge in [0.25, 0.3) is 0 Å². The van der Waals surface area contributed by atoms with E-state index >= 15 is 0 Å². The van der Waals surface area contributed by atoms with Crippen LogP contribution in [0.1, 0.15) is 22.3 Å². The molecular formula is C18H14ClNO. The standard InChI is InChI=1S/C18H14ClNO/c1-11-8-9-21-18(11)17(19)12-6-7-16-14(10-12)13-4-2-3-5-15(13)20-16/h2-10,17,20H,1H3. The first kappa shape index (κ1) is 12.5. The van der Waals surface area contributed by atoms with Crippen LogP contribution in [0.4, 0.5) is 0 Å². The summed E-state index contributed by atoms with van der Waals surface area (Å²) in [7, 11) is 0. The number of furan rings is 1. The highest BCUT2D eigenvalue weighted by Gasteiger charge is 2.17. The molecule has 2 aromatic carbocycles. The molecule has 0 spiro atoms. The monoisotopic (exact) mass is 295 g/mol. The van der Waals surface area contributed by atoms with Gasteiger partial charge in [-0.25, -0.2) is 0 Å². The number of hydrogen-bond acceptors (Lipinski definition) is 1. The number of H-pyrrole nitrogens is 1. The topological polar surface area (TPSA) is 28.9 Å². The maximum absolute atomic E-state index is 6.59. The van der Waals surface area contributed by atoms with Crippen molar-refractivity contribution in [2.24, 2.45) is 0 Å². The van der Waals surface area contributed by atoms with Crippen LogP contribution in [0.15, 0.2) is 59.2 Å². The van der Waals surface area contributed by atoms with Crippen molar-refractivity contribution in [3.05, 3.63) is 71.7 Å². The summed E-state index contributed by atoms with van der Waals surface area (Å²) in [6, 6.07) is 16.5. The molecule has 104 valence electrons. The number of aromatic nitrogens is 1. The van der Waals surface area contributed by atoms with Gasteiger partial charge in [-0.3, -0.25) is 0 Å². The zero-order valence-corrected chi connectivity index (χ0v) is 12.3. The van der Waals surface area contributed by atoms with Crippen LogP contribution in [0.25, 0.3) is 21.8 Å². The maximum atomic E-state index is 6.59.